The number of benzene rings is 1. The Morgan fingerprint density at radius 1 is 1.26 bits per heavy atom. The van der Waals surface area contributed by atoms with E-state index in [1.54, 1.807) is 19.1 Å². The van der Waals surface area contributed by atoms with Crippen LogP contribution in [0.3, 0.4) is 0 Å². The Morgan fingerprint density at radius 3 is 2.37 bits per heavy atom. The third-order valence-corrected chi connectivity index (χ3v) is 3.86. The highest BCUT2D eigenvalue weighted by molar-refractivity contribution is 7.86. The molecule has 0 spiro atoms. The van der Waals surface area contributed by atoms with Crippen molar-refractivity contribution in [1.82, 2.24) is 0 Å². The van der Waals surface area contributed by atoms with Gasteiger partial charge in [-0.05, 0) is 26.0 Å². The molecule has 0 amide bonds. The third-order valence-electron chi connectivity index (χ3n) is 2.43. The van der Waals surface area contributed by atoms with E-state index in [2.05, 4.69) is 0 Å². The minimum Gasteiger partial charge on any atom is -0.466 e. The summed E-state index contributed by atoms with van der Waals surface area (Å²) in [4.78, 5) is 10.7. The van der Waals surface area contributed by atoms with E-state index in [1.165, 1.54) is 19.1 Å². The molecule has 6 heteroatoms. The second-order valence-electron chi connectivity index (χ2n) is 4.30. The highest BCUT2D eigenvalue weighted by atomic mass is 32.2. The van der Waals surface area contributed by atoms with Crippen LogP contribution in [0.15, 0.2) is 29.2 Å². The van der Waals surface area contributed by atoms with Crippen LogP contribution in [-0.4, -0.2) is 27.1 Å². The second-order valence-corrected chi connectivity index (χ2v) is 5.87. The maximum atomic E-state index is 11.9. The lowest BCUT2D eigenvalue weighted by Gasteiger charge is -2.13. The first-order chi connectivity index (χ1) is 8.81. The molecule has 0 aliphatic heterocycles. The fourth-order valence-corrected chi connectivity index (χ4v) is 2.50. The first-order valence-corrected chi connectivity index (χ1v) is 7.35. The highest BCUT2D eigenvalue weighted by Crippen LogP contribution is 2.16. The van der Waals surface area contributed by atoms with Gasteiger partial charge in [-0.25, -0.2) is 0 Å². The number of ether oxygens (including phenoxy) is 1. The van der Waals surface area contributed by atoms with E-state index in [4.69, 9.17) is 8.92 Å². The van der Waals surface area contributed by atoms with Gasteiger partial charge in [-0.1, -0.05) is 17.7 Å². The van der Waals surface area contributed by atoms with Crippen LogP contribution < -0.4 is 0 Å². The summed E-state index contributed by atoms with van der Waals surface area (Å²) in [5, 5.41) is 0. The van der Waals surface area contributed by atoms with Gasteiger partial charge < -0.3 is 4.74 Å². The summed E-state index contributed by atoms with van der Waals surface area (Å²) in [6, 6.07) is 6.42. The summed E-state index contributed by atoms with van der Waals surface area (Å²) in [5.41, 5.74) is 0.974. The van der Waals surface area contributed by atoms with Gasteiger partial charge in [0, 0.05) is 13.3 Å². The highest BCUT2D eigenvalue weighted by Gasteiger charge is 2.18. The standard InChI is InChI=1S/C13H18O5S/c1-10-4-6-13(7-5-10)19(15,16)18-11(2)8-9-17-12(3)14/h4-7,11H,8-9H2,1-3H3/t11-/m0/s1. The van der Waals surface area contributed by atoms with Crippen LogP contribution in [0.1, 0.15) is 25.8 Å². The lowest BCUT2D eigenvalue weighted by Crippen LogP contribution is -2.18. The Hall–Kier alpha value is -1.40. The fraction of sp³-hybridized carbons (Fsp3) is 0.462. The van der Waals surface area contributed by atoms with Crippen molar-refractivity contribution in [3.8, 4) is 0 Å². The first kappa shape index (κ1) is 15.7. The number of hydrogen-bond donors (Lipinski definition) is 0. The van der Waals surface area contributed by atoms with Gasteiger partial charge in [0.2, 0.25) is 0 Å². The number of aryl methyl sites for hydroxylation is 1. The molecular weight excluding hydrogens is 268 g/mol. The summed E-state index contributed by atoms with van der Waals surface area (Å²) < 4.78 is 33.6. The smallest absolute Gasteiger partial charge is 0.302 e. The monoisotopic (exact) mass is 286 g/mol. The molecule has 0 N–H and O–H groups in total. The zero-order chi connectivity index (χ0) is 14.5. The topological polar surface area (TPSA) is 69.7 Å². The van der Waals surface area contributed by atoms with Gasteiger partial charge in [-0.2, -0.15) is 8.42 Å². The second kappa shape index (κ2) is 6.68. The number of esters is 1. The van der Waals surface area contributed by atoms with Crippen molar-refractivity contribution >= 4 is 16.1 Å². The van der Waals surface area contributed by atoms with Crippen LogP contribution >= 0.6 is 0 Å². The number of rotatable bonds is 6. The summed E-state index contributed by atoms with van der Waals surface area (Å²) in [7, 11) is -3.77. The largest absolute Gasteiger partial charge is 0.466 e. The average Bonchev–Trinajstić information content (AvgIpc) is 2.28. The molecule has 1 aromatic carbocycles. The molecule has 0 aliphatic carbocycles. The maximum Gasteiger partial charge on any atom is 0.302 e. The normalized spacial score (nSPS) is 13.0. The summed E-state index contributed by atoms with van der Waals surface area (Å²) >= 11 is 0. The van der Waals surface area contributed by atoms with E-state index in [-0.39, 0.29) is 11.5 Å². The van der Waals surface area contributed by atoms with Crippen molar-refractivity contribution in [3.05, 3.63) is 29.8 Å². The molecule has 1 atom stereocenters. The van der Waals surface area contributed by atoms with Gasteiger partial charge in [-0.15, -0.1) is 0 Å². The predicted molar refractivity (Wildman–Crippen MR) is 70.2 cm³/mol. The molecule has 0 radical (unpaired) electrons. The quantitative estimate of drug-likeness (QED) is 0.591. The molecule has 5 nitrogen and oxygen atoms in total. The Labute approximate surface area is 113 Å². The van der Waals surface area contributed by atoms with Crippen LogP contribution in [0.2, 0.25) is 0 Å². The molecule has 0 unspecified atom stereocenters. The Kier molecular flexibility index (Phi) is 5.50. The van der Waals surface area contributed by atoms with Gasteiger partial charge in [0.25, 0.3) is 10.1 Å². The van der Waals surface area contributed by atoms with Gasteiger partial charge in [-0.3, -0.25) is 8.98 Å². The molecular formula is C13H18O5S. The predicted octanol–water partition coefficient (Wildman–Crippen LogP) is 2.04. The van der Waals surface area contributed by atoms with Crippen LogP contribution in [0.25, 0.3) is 0 Å². The Bertz CT molecular complexity index is 518. The SMILES string of the molecule is CC(=O)OCC[C@H](C)OS(=O)(=O)c1ccc(C)cc1. The number of carbonyl (C=O) groups is 1. The van der Waals surface area contributed by atoms with Crippen LogP contribution in [0.5, 0.6) is 0 Å². The van der Waals surface area contributed by atoms with Gasteiger partial charge >= 0.3 is 5.97 Å². The van der Waals surface area contributed by atoms with E-state index in [1.807, 2.05) is 6.92 Å². The zero-order valence-corrected chi connectivity index (χ0v) is 12.1. The minimum absolute atomic E-state index is 0.123. The van der Waals surface area contributed by atoms with Crippen LogP contribution in [-0.2, 0) is 23.8 Å². The van der Waals surface area contributed by atoms with Gasteiger partial charge in [0.05, 0.1) is 17.6 Å². The number of carbonyl (C=O) groups excluding carboxylic acids is 1. The van der Waals surface area contributed by atoms with Crippen molar-refractivity contribution in [3.63, 3.8) is 0 Å². The van der Waals surface area contributed by atoms with Gasteiger partial charge in [0.1, 0.15) is 0 Å². The average molecular weight is 286 g/mol. The lowest BCUT2D eigenvalue weighted by atomic mass is 10.2. The number of hydrogen-bond acceptors (Lipinski definition) is 5. The molecule has 19 heavy (non-hydrogen) atoms. The van der Waals surface area contributed by atoms with Crippen molar-refractivity contribution in [2.45, 2.75) is 38.2 Å². The van der Waals surface area contributed by atoms with Gasteiger partial charge in [0.15, 0.2) is 0 Å². The van der Waals surface area contributed by atoms with Crippen molar-refractivity contribution in [2.24, 2.45) is 0 Å². The molecule has 0 saturated heterocycles. The van der Waals surface area contributed by atoms with Crippen molar-refractivity contribution in [2.75, 3.05) is 6.61 Å². The van der Waals surface area contributed by atoms with Crippen molar-refractivity contribution in [1.29, 1.82) is 0 Å². The van der Waals surface area contributed by atoms with E-state index in [0.29, 0.717) is 6.42 Å². The van der Waals surface area contributed by atoms with Crippen LogP contribution in [0.4, 0.5) is 0 Å². The van der Waals surface area contributed by atoms with E-state index in [9.17, 15) is 13.2 Å². The van der Waals surface area contributed by atoms with E-state index >= 15 is 0 Å². The molecule has 1 aromatic rings. The maximum absolute atomic E-state index is 11.9. The van der Waals surface area contributed by atoms with E-state index < -0.39 is 22.2 Å². The minimum atomic E-state index is -3.77. The molecule has 106 valence electrons. The molecule has 0 aliphatic rings. The van der Waals surface area contributed by atoms with Crippen LogP contribution in [0, 0.1) is 6.92 Å². The molecule has 0 bridgehead atoms. The van der Waals surface area contributed by atoms with Crippen molar-refractivity contribution < 1.29 is 22.1 Å². The molecule has 0 fully saturated rings. The van der Waals surface area contributed by atoms with E-state index in [0.717, 1.165) is 5.56 Å². The summed E-state index contributed by atoms with van der Waals surface area (Å²) in [6.07, 6.45) is -0.226. The summed E-state index contributed by atoms with van der Waals surface area (Å²) in [5.74, 6) is -0.395. The lowest BCUT2D eigenvalue weighted by molar-refractivity contribution is -0.141. The Morgan fingerprint density at radius 2 is 1.84 bits per heavy atom. The molecule has 0 heterocycles. The Balaban J connectivity index is 2.59. The first-order valence-electron chi connectivity index (χ1n) is 5.94. The third kappa shape index (κ3) is 5.40. The zero-order valence-electron chi connectivity index (χ0n) is 11.3. The molecule has 0 saturated carbocycles. The summed E-state index contributed by atoms with van der Waals surface area (Å²) in [6.45, 7) is 4.93. The molecule has 0 aromatic heterocycles. The molecule has 1 rings (SSSR count). The fourth-order valence-electron chi connectivity index (χ4n) is 1.39.